The zero-order valence-electron chi connectivity index (χ0n) is 9.72. The summed E-state index contributed by atoms with van der Waals surface area (Å²) in [4.78, 5) is 12.3. The number of carbonyl (C=O) groups is 1. The molecule has 0 aromatic heterocycles. The molecule has 0 bridgehead atoms. The van der Waals surface area contributed by atoms with Gasteiger partial charge in [0.1, 0.15) is 6.04 Å². The molecule has 0 aromatic carbocycles. The molecule has 0 spiro atoms. The maximum atomic E-state index is 13.2. The smallest absolute Gasteiger partial charge is 0.408 e. The summed E-state index contributed by atoms with van der Waals surface area (Å²) >= 11 is 0. The molecule has 1 rings (SSSR count). The highest BCUT2D eigenvalue weighted by atomic mass is 19.4. The van der Waals surface area contributed by atoms with Gasteiger partial charge in [-0.1, -0.05) is 0 Å². The maximum Gasteiger partial charge on any atom is 0.408 e. The lowest BCUT2D eigenvalue weighted by Gasteiger charge is -2.21. The van der Waals surface area contributed by atoms with Gasteiger partial charge in [0.15, 0.2) is 6.10 Å². The number of likely N-dealkylation sites (tertiary alicyclic amines) is 1. The fraction of sp³-hybridized carbons (Fsp3) is 0.889. The Balaban J connectivity index is 2.51. The van der Waals surface area contributed by atoms with Crippen LogP contribution in [0.4, 0.5) is 26.7 Å². The van der Waals surface area contributed by atoms with Crippen LogP contribution in [0.2, 0.25) is 0 Å². The third kappa shape index (κ3) is 3.69. The molecule has 1 amide bonds. The highest BCUT2D eigenvalue weighted by molar-refractivity contribution is 5.68. The predicted molar refractivity (Wildman–Crippen MR) is 51.4 cm³/mol. The molecule has 0 radical (unpaired) electrons. The molecule has 0 saturated carbocycles. The van der Waals surface area contributed by atoms with Gasteiger partial charge in [0.2, 0.25) is 0 Å². The Labute approximate surface area is 100 Å². The first-order valence-corrected chi connectivity index (χ1v) is 5.12. The molecule has 2 atom stereocenters. The van der Waals surface area contributed by atoms with Crippen molar-refractivity contribution in [1.29, 1.82) is 0 Å². The highest BCUT2D eigenvalue weighted by Crippen LogP contribution is 2.29. The highest BCUT2D eigenvalue weighted by Gasteiger charge is 2.50. The second-order valence-corrected chi connectivity index (χ2v) is 4.26. The second-order valence-electron chi connectivity index (χ2n) is 4.26. The summed E-state index contributed by atoms with van der Waals surface area (Å²) in [5, 5.41) is 1.46. The molecule has 1 heterocycles. The zero-order chi connectivity index (χ0) is 14.1. The topological polar surface area (TPSA) is 41.6 Å². The first-order chi connectivity index (χ1) is 8.02. The van der Waals surface area contributed by atoms with Crippen molar-refractivity contribution in [3.8, 4) is 0 Å². The van der Waals surface area contributed by atoms with Crippen LogP contribution in [0.1, 0.15) is 6.92 Å². The van der Waals surface area contributed by atoms with Gasteiger partial charge in [-0.15, -0.1) is 0 Å². The van der Waals surface area contributed by atoms with E-state index in [-0.39, 0.29) is 6.54 Å². The van der Waals surface area contributed by atoms with Crippen LogP contribution in [-0.2, 0) is 4.74 Å². The number of hydrogen-bond acceptors (Lipinski definition) is 3. The van der Waals surface area contributed by atoms with Crippen molar-refractivity contribution in [2.24, 2.45) is 0 Å². The van der Waals surface area contributed by atoms with Crippen molar-refractivity contribution in [1.82, 2.24) is 10.2 Å². The van der Waals surface area contributed by atoms with E-state index < -0.39 is 36.9 Å². The molecule has 2 unspecified atom stereocenters. The molecule has 18 heavy (non-hydrogen) atoms. The van der Waals surface area contributed by atoms with E-state index in [0.29, 0.717) is 6.92 Å². The van der Waals surface area contributed by atoms with Crippen LogP contribution in [-0.4, -0.2) is 55.4 Å². The summed E-state index contributed by atoms with van der Waals surface area (Å²) in [6, 6.07) is -2.15. The number of hydrogen-bond donors (Lipinski definition) is 1. The minimum Gasteiger partial charge on any atom is -0.438 e. The standard InChI is InChI=1S/C9H13F5N2O2/c1-5(9(12,13)14)15-7(17)18-6-3-16(2)4-8(6,10)11/h5-6H,3-4H2,1-2H3,(H,15,17). The van der Waals surface area contributed by atoms with E-state index in [4.69, 9.17) is 0 Å². The first-order valence-electron chi connectivity index (χ1n) is 5.12. The second kappa shape index (κ2) is 4.87. The molecular formula is C9H13F5N2O2. The van der Waals surface area contributed by atoms with E-state index in [9.17, 15) is 26.7 Å². The predicted octanol–water partition coefficient (Wildman–Crippen LogP) is 1.61. The van der Waals surface area contributed by atoms with Crippen LogP contribution in [0.15, 0.2) is 0 Å². The van der Waals surface area contributed by atoms with Crippen LogP contribution in [0.3, 0.4) is 0 Å². The lowest BCUT2D eigenvalue weighted by atomic mass is 10.2. The number of halogens is 5. The molecule has 0 aromatic rings. The van der Waals surface area contributed by atoms with Gasteiger partial charge in [-0.3, -0.25) is 4.90 Å². The van der Waals surface area contributed by atoms with Crippen LogP contribution < -0.4 is 5.32 Å². The summed E-state index contributed by atoms with van der Waals surface area (Å²) in [6.45, 7) is -0.124. The summed E-state index contributed by atoms with van der Waals surface area (Å²) in [5.41, 5.74) is 0. The lowest BCUT2D eigenvalue weighted by molar-refractivity contribution is -0.151. The Morgan fingerprint density at radius 3 is 2.44 bits per heavy atom. The molecule has 106 valence electrons. The lowest BCUT2D eigenvalue weighted by Crippen LogP contribution is -2.46. The molecule has 0 aliphatic carbocycles. The summed E-state index contributed by atoms with van der Waals surface area (Å²) in [7, 11) is 1.40. The van der Waals surface area contributed by atoms with E-state index in [2.05, 4.69) is 4.74 Å². The van der Waals surface area contributed by atoms with Gasteiger partial charge in [0, 0.05) is 6.54 Å². The third-order valence-corrected chi connectivity index (χ3v) is 2.50. The van der Waals surface area contributed by atoms with Gasteiger partial charge >= 0.3 is 12.3 Å². The number of likely N-dealkylation sites (N-methyl/N-ethyl adjacent to an activating group) is 1. The van der Waals surface area contributed by atoms with Crippen LogP contribution in [0.25, 0.3) is 0 Å². The van der Waals surface area contributed by atoms with Crippen molar-refractivity contribution >= 4 is 6.09 Å². The Morgan fingerprint density at radius 2 is 2.06 bits per heavy atom. The molecule has 4 nitrogen and oxygen atoms in total. The van der Waals surface area contributed by atoms with Crippen molar-refractivity contribution < 1.29 is 31.5 Å². The van der Waals surface area contributed by atoms with Gasteiger partial charge < -0.3 is 10.1 Å². The minimum absolute atomic E-state index is 0.221. The van der Waals surface area contributed by atoms with Crippen molar-refractivity contribution in [3.05, 3.63) is 0 Å². The molecular weight excluding hydrogens is 263 g/mol. The van der Waals surface area contributed by atoms with Gasteiger partial charge in [0.25, 0.3) is 5.92 Å². The summed E-state index contributed by atoms with van der Waals surface area (Å²) in [5.74, 6) is -3.26. The molecule has 1 fully saturated rings. The van der Waals surface area contributed by atoms with Gasteiger partial charge in [0.05, 0.1) is 6.54 Å². The van der Waals surface area contributed by atoms with E-state index >= 15 is 0 Å². The average molecular weight is 276 g/mol. The number of alkyl carbamates (subject to hydrolysis) is 1. The fourth-order valence-corrected chi connectivity index (χ4v) is 1.49. The average Bonchev–Trinajstić information content (AvgIpc) is 2.37. The number of nitrogens with one attached hydrogen (secondary N) is 1. The van der Waals surface area contributed by atoms with Crippen LogP contribution in [0, 0.1) is 0 Å². The van der Waals surface area contributed by atoms with Crippen molar-refractivity contribution in [3.63, 3.8) is 0 Å². The van der Waals surface area contributed by atoms with Crippen molar-refractivity contribution in [2.45, 2.75) is 31.2 Å². The quantitative estimate of drug-likeness (QED) is 0.779. The number of amides is 1. The third-order valence-electron chi connectivity index (χ3n) is 2.50. The van der Waals surface area contributed by atoms with E-state index in [0.717, 1.165) is 0 Å². The Bertz CT molecular complexity index is 321. The molecule has 1 aliphatic heterocycles. The number of nitrogens with zero attached hydrogens (tertiary/aromatic N) is 1. The van der Waals surface area contributed by atoms with E-state index in [1.54, 1.807) is 0 Å². The molecule has 1 saturated heterocycles. The summed E-state index contributed by atoms with van der Waals surface area (Å²) in [6.07, 6.45) is -7.88. The van der Waals surface area contributed by atoms with Gasteiger partial charge in [-0.25, -0.2) is 13.6 Å². The number of rotatable bonds is 2. The molecule has 9 heteroatoms. The first kappa shape index (κ1) is 14.9. The molecule has 1 N–H and O–H groups in total. The van der Waals surface area contributed by atoms with E-state index in [1.165, 1.54) is 17.3 Å². The van der Waals surface area contributed by atoms with E-state index in [1.807, 2.05) is 0 Å². The SMILES string of the molecule is CC(NC(=O)OC1CN(C)CC1(F)F)C(F)(F)F. The zero-order valence-corrected chi connectivity index (χ0v) is 9.72. The Hall–Kier alpha value is -1.12. The Morgan fingerprint density at radius 1 is 1.50 bits per heavy atom. The minimum atomic E-state index is -4.64. The van der Waals surface area contributed by atoms with Crippen LogP contribution in [0.5, 0.6) is 0 Å². The fourth-order valence-electron chi connectivity index (χ4n) is 1.49. The normalized spacial score (nSPS) is 25.8. The van der Waals surface area contributed by atoms with Gasteiger partial charge in [-0.2, -0.15) is 13.2 Å². The van der Waals surface area contributed by atoms with Crippen molar-refractivity contribution in [2.75, 3.05) is 20.1 Å². The summed E-state index contributed by atoms with van der Waals surface area (Å²) < 4.78 is 67.1. The number of ether oxygens (including phenoxy) is 1. The van der Waals surface area contributed by atoms with Crippen LogP contribution >= 0.6 is 0 Å². The largest absolute Gasteiger partial charge is 0.438 e. The monoisotopic (exact) mass is 276 g/mol. The van der Waals surface area contributed by atoms with Gasteiger partial charge in [-0.05, 0) is 14.0 Å². The molecule has 1 aliphatic rings. The number of alkyl halides is 5. The maximum absolute atomic E-state index is 13.2. The number of carbonyl (C=O) groups excluding carboxylic acids is 1. The Kier molecular flexibility index (Phi) is 4.04.